The molecule has 2 N–H and O–H groups in total. The molecule has 2 aromatic heterocycles. The Morgan fingerprint density at radius 2 is 2.07 bits per heavy atom. The van der Waals surface area contributed by atoms with Crippen molar-refractivity contribution in [1.82, 2.24) is 14.9 Å². The summed E-state index contributed by atoms with van der Waals surface area (Å²) in [6, 6.07) is 10.1. The maximum Gasteiger partial charge on any atom is 0.407 e. The second-order valence-electron chi connectivity index (χ2n) is 8.08. The summed E-state index contributed by atoms with van der Waals surface area (Å²) in [6.07, 6.45) is 3.67. The zero-order valence-corrected chi connectivity index (χ0v) is 17.8. The maximum atomic E-state index is 11.9. The van der Waals surface area contributed by atoms with Gasteiger partial charge in [-0.2, -0.15) is 5.10 Å². The highest BCUT2D eigenvalue weighted by Gasteiger charge is 2.16. The highest BCUT2D eigenvalue weighted by molar-refractivity contribution is 5.81. The molecule has 1 aromatic carbocycles. The van der Waals surface area contributed by atoms with Crippen LogP contribution in [-0.2, 0) is 11.3 Å². The summed E-state index contributed by atoms with van der Waals surface area (Å²) >= 11 is 0. The molecule has 156 valence electrons. The molecule has 0 atom stereocenters. The summed E-state index contributed by atoms with van der Waals surface area (Å²) in [4.78, 5) is 11.9. The number of hydrogen-bond acceptors (Lipinski definition) is 4. The van der Waals surface area contributed by atoms with E-state index in [-0.39, 0.29) is 6.61 Å². The molecule has 1 amide bonds. The average molecular weight is 405 g/mol. The molecule has 3 aromatic rings. The Morgan fingerprint density at radius 1 is 1.27 bits per heavy atom. The molecule has 2 heterocycles. The molecule has 0 bridgehead atoms. The van der Waals surface area contributed by atoms with E-state index in [0.29, 0.717) is 13.0 Å². The van der Waals surface area contributed by atoms with Crippen molar-refractivity contribution in [2.45, 2.75) is 46.3 Å². The summed E-state index contributed by atoms with van der Waals surface area (Å²) < 4.78 is 7.10. The number of rotatable bonds is 4. The molecule has 6 nitrogen and oxygen atoms in total. The topological polar surface area (TPSA) is 75.9 Å². The predicted molar refractivity (Wildman–Crippen MR) is 117 cm³/mol. The first-order valence-corrected chi connectivity index (χ1v) is 9.91. The summed E-state index contributed by atoms with van der Waals surface area (Å²) in [5, 5.41) is 16.1. The van der Waals surface area contributed by atoms with Crippen molar-refractivity contribution >= 4 is 11.6 Å². The van der Waals surface area contributed by atoms with E-state index >= 15 is 0 Å². The van der Waals surface area contributed by atoms with Crippen molar-refractivity contribution in [2.75, 3.05) is 6.61 Å². The number of aliphatic hydroxyl groups is 1. The van der Waals surface area contributed by atoms with Gasteiger partial charge in [-0.25, -0.2) is 9.31 Å². The van der Waals surface area contributed by atoms with E-state index in [4.69, 9.17) is 9.84 Å². The van der Waals surface area contributed by atoms with E-state index in [1.165, 1.54) is 0 Å². The predicted octanol–water partition coefficient (Wildman–Crippen LogP) is 4.07. The fraction of sp³-hybridized carbons (Fsp3) is 0.333. The van der Waals surface area contributed by atoms with Gasteiger partial charge in [-0.3, -0.25) is 0 Å². The molecule has 6 heteroatoms. The number of alkyl carbamates (subject to hydrolysis) is 1. The first kappa shape index (κ1) is 21.4. The Bertz CT molecular complexity index is 1110. The standard InChI is InChI=1S/C24H27N3O3/c1-17-13-19(8-9-20(17)15-25-23(29)30-24(2,3)4)21-10-11-26-27-16-18(14-22(21)27)7-5-6-12-28/h8-11,13-14,16,28H,6,12,15H2,1-4H3,(H,25,29). The van der Waals surface area contributed by atoms with Crippen LogP contribution in [0.25, 0.3) is 16.6 Å². The lowest BCUT2D eigenvalue weighted by Crippen LogP contribution is -2.32. The van der Waals surface area contributed by atoms with E-state index in [2.05, 4.69) is 28.3 Å². The molecule has 0 unspecified atom stereocenters. The minimum Gasteiger partial charge on any atom is -0.444 e. The van der Waals surface area contributed by atoms with Crippen LogP contribution in [-0.4, -0.2) is 33.0 Å². The first-order valence-electron chi connectivity index (χ1n) is 9.91. The number of benzene rings is 1. The number of nitrogens with one attached hydrogen (secondary N) is 1. The van der Waals surface area contributed by atoms with E-state index in [1.807, 2.05) is 62.7 Å². The highest BCUT2D eigenvalue weighted by atomic mass is 16.6. The number of amides is 1. The number of aromatic nitrogens is 2. The zero-order chi connectivity index (χ0) is 21.7. The fourth-order valence-corrected chi connectivity index (χ4v) is 3.09. The lowest BCUT2D eigenvalue weighted by molar-refractivity contribution is 0.0523. The molecular formula is C24H27N3O3. The number of aliphatic hydroxyl groups excluding tert-OH is 1. The highest BCUT2D eigenvalue weighted by Crippen LogP contribution is 2.27. The molecule has 0 aliphatic rings. The van der Waals surface area contributed by atoms with Gasteiger partial charge >= 0.3 is 6.09 Å². The third-order valence-electron chi connectivity index (χ3n) is 4.45. The molecular weight excluding hydrogens is 378 g/mol. The number of nitrogens with zero attached hydrogens (tertiary/aromatic N) is 2. The fourth-order valence-electron chi connectivity index (χ4n) is 3.09. The lowest BCUT2D eigenvalue weighted by Gasteiger charge is -2.20. The van der Waals surface area contributed by atoms with Crippen LogP contribution < -0.4 is 5.32 Å². The third kappa shape index (κ3) is 5.40. The Kier molecular flexibility index (Phi) is 6.43. The Balaban J connectivity index is 1.82. The number of hydrogen-bond donors (Lipinski definition) is 2. The summed E-state index contributed by atoms with van der Waals surface area (Å²) in [7, 11) is 0. The number of aryl methyl sites for hydroxylation is 1. The Labute approximate surface area is 176 Å². The lowest BCUT2D eigenvalue weighted by atomic mass is 10.00. The Morgan fingerprint density at radius 3 is 2.77 bits per heavy atom. The van der Waals surface area contributed by atoms with Crippen molar-refractivity contribution in [1.29, 1.82) is 0 Å². The van der Waals surface area contributed by atoms with Gasteiger partial charge in [0.25, 0.3) is 0 Å². The molecule has 30 heavy (non-hydrogen) atoms. The zero-order valence-electron chi connectivity index (χ0n) is 17.8. The second kappa shape index (κ2) is 9.02. The van der Waals surface area contributed by atoms with Crippen LogP contribution in [0, 0.1) is 18.8 Å². The largest absolute Gasteiger partial charge is 0.444 e. The van der Waals surface area contributed by atoms with Gasteiger partial charge in [-0.1, -0.05) is 30.0 Å². The molecule has 0 saturated carbocycles. The van der Waals surface area contributed by atoms with Crippen LogP contribution in [0.4, 0.5) is 4.79 Å². The van der Waals surface area contributed by atoms with Crippen LogP contribution in [0.15, 0.2) is 42.7 Å². The number of fused-ring (bicyclic) bond motifs is 1. The van der Waals surface area contributed by atoms with E-state index in [0.717, 1.165) is 33.3 Å². The molecule has 0 aliphatic heterocycles. The first-order chi connectivity index (χ1) is 14.3. The van der Waals surface area contributed by atoms with Crippen LogP contribution in [0.5, 0.6) is 0 Å². The normalized spacial score (nSPS) is 11.1. The van der Waals surface area contributed by atoms with Crippen molar-refractivity contribution in [3.8, 4) is 23.0 Å². The van der Waals surface area contributed by atoms with Crippen molar-refractivity contribution in [2.24, 2.45) is 0 Å². The second-order valence-corrected chi connectivity index (χ2v) is 8.08. The van der Waals surface area contributed by atoms with E-state index < -0.39 is 11.7 Å². The van der Waals surface area contributed by atoms with Crippen LogP contribution in [0.1, 0.15) is 43.9 Å². The van der Waals surface area contributed by atoms with Crippen LogP contribution in [0.3, 0.4) is 0 Å². The monoisotopic (exact) mass is 405 g/mol. The van der Waals surface area contributed by atoms with E-state index in [9.17, 15) is 4.79 Å². The molecule has 0 saturated heterocycles. The van der Waals surface area contributed by atoms with Gasteiger partial charge in [-0.15, -0.1) is 0 Å². The van der Waals surface area contributed by atoms with Crippen LogP contribution in [0.2, 0.25) is 0 Å². The van der Waals surface area contributed by atoms with Gasteiger partial charge in [0.05, 0.1) is 12.1 Å². The van der Waals surface area contributed by atoms with Crippen LogP contribution >= 0.6 is 0 Å². The number of carbonyl (C=O) groups excluding carboxylic acids is 1. The smallest absolute Gasteiger partial charge is 0.407 e. The van der Waals surface area contributed by atoms with Gasteiger partial charge < -0.3 is 15.2 Å². The molecule has 0 fully saturated rings. The van der Waals surface area contributed by atoms with Crippen molar-refractivity contribution in [3.63, 3.8) is 0 Å². The van der Waals surface area contributed by atoms with Gasteiger partial charge in [0.1, 0.15) is 5.60 Å². The minimum atomic E-state index is -0.520. The molecule has 0 radical (unpaired) electrons. The van der Waals surface area contributed by atoms with Gasteiger partial charge in [0.15, 0.2) is 0 Å². The summed E-state index contributed by atoms with van der Waals surface area (Å²) in [5.74, 6) is 5.99. The van der Waals surface area contributed by atoms with Crippen molar-refractivity contribution in [3.05, 3.63) is 59.4 Å². The van der Waals surface area contributed by atoms with Gasteiger partial charge in [-0.05, 0) is 56.5 Å². The summed E-state index contributed by atoms with van der Waals surface area (Å²) in [6.45, 7) is 8.01. The maximum absolute atomic E-state index is 11.9. The van der Waals surface area contributed by atoms with Crippen molar-refractivity contribution < 1.29 is 14.6 Å². The quantitative estimate of drug-likeness (QED) is 0.642. The third-order valence-corrected chi connectivity index (χ3v) is 4.45. The average Bonchev–Trinajstić information content (AvgIpc) is 3.08. The SMILES string of the molecule is Cc1cc(-c2ccnn3cc(C#CCCO)cc23)ccc1CNC(=O)OC(C)(C)C. The minimum absolute atomic E-state index is 0.0539. The summed E-state index contributed by atoms with van der Waals surface area (Å²) in [5.41, 5.74) is 5.52. The van der Waals surface area contributed by atoms with Gasteiger partial charge in [0.2, 0.25) is 0 Å². The Hall–Kier alpha value is -3.30. The molecule has 0 aliphatic carbocycles. The van der Waals surface area contributed by atoms with Gasteiger partial charge in [0, 0.05) is 36.5 Å². The molecule has 0 spiro atoms. The number of carbonyl (C=O) groups is 1. The number of ether oxygens (including phenoxy) is 1. The van der Waals surface area contributed by atoms with E-state index in [1.54, 1.807) is 6.20 Å². The molecule has 3 rings (SSSR count).